The first-order valence-corrected chi connectivity index (χ1v) is 10.8. The molecule has 0 aliphatic rings. The first kappa shape index (κ1) is 26.0. The predicted molar refractivity (Wildman–Crippen MR) is 115 cm³/mol. The van der Waals surface area contributed by atoms with Crippen molar-refractivity contribution in [3.8, 4) is 0 Å². The van der Waals surface area contributed by atoms with Gasteiger partial charge in [-0.15, -0.1) is 21.6 Å². The molecule has 0 aliphatic carbocycles. The van der Waals surface area contributed by atoms with Crippen LogP contribution >= 0.6 is 21.6 Å². The van der Waals surface area contributed by atoms with Crippen LogP contribution in [0.15, 0.2) is 0 Å². The van der Waals surface area contributed by atoms with E-state index in [0.717, 1.165) is 5.92 Å². The predicted octanol–water partition coefficient (Wildman–Crippen LogP) is 8.57. The molecule has 0 rings (SSSR count). The van der Waals surface area contributed by atoms with Crippen LogP contribution in [-0.4, -0.2) is 5.16 Å². The zero-order valence-corrected chi connectivity index (χ0v) is 18.6. The second-order valence-corrected chi connectivity index (χ2v) is 9.60. The molecule has 0 nitrogen and oxygen atoms in total. The maximum absolute atomic E-state index is 3.00. The quantitative estimate of drug-likeness (QED) is 0.190. The van der Waals surface area contributed by atoms with E-state index in [1.54, 1.807) is 0 Å². The van der Waals surface area contributed by atoms with Gasteiger partial charge < -0.3 is 0 Å². The molecule has 0 saturated carbocycles. The molecule has 0 aromatic heterocycles. The summed E-state index contributed by atoms with van der Waals surface area (Å²) in [5.74, 6) is 0.829. The summed E-state index contributed by atoms with van der Waals surface area (Å²) in [5, 5.41) is 0.413. The van der Waals surface area contributed by atoms with Gasteiger partial charge in [0.2, 0.25) is 0 Å². The van der Waals surface area contributed by atoms with E-state index in [0.29, 0.717) is 5.16 Å². The van der Waals surface area contributed by atoms with Gasteiger partial charge in [-0.1, -0.05) is 118 Å². The third kappa shape index (κ3) is 18.9. The van der Waals surface area contributed by atoms with Crippen LogP contribution in [0.25, 0.3) is 0 Å². The number of hydrogen-bond donors (Lipinski definition) is 0. The fraction of sp³-hybridized carbons (Fsp3) is 1.00. The van der Waals surface area contributed by atoms with Gasteiger partial charge >= 0.3 is 0 Å². The van der Waals surface area contributed by atoms with E-state index in [9.17, 15) is 0 Å². The molecule has 2 heteroatoms. The van der Waals surface area contributed by atoms with Crippen LogP contribution in [-0.2, 0) is 0 Å². The number of hydrogen-bond acceptors (Lipinski definition) is 0. The molecule has 0 N–H and O–H groups in total. The zero-order chi connectivity index (χ0) is 16.7. The van der Waals surface area contributed by atoms with Gasteiger partial charge in [-0.05, 0) is 17.5 Å². The van der Waals surface area contributed by atoms with E-state index in [2.05, 4.69) is 36.9 Å². The number of halogens is 1. The normalized spacial score (nSPS) is 12.9. The molecule has 0 heterocycles. The van der Waals surface area contributed by atoms with Crippen molar-refractivity contribution in [3.63, 3.8) is 0 Å². The Morgan fingerprint density at radius 2 is 0.957 bits per heavy atom. The molecule has 0 fully saturated rings. The van der Waals surface area contributed by atoms with Gasteiger partial charge in [0.1, 0.15) is 0 Å². The molecule has 23 heavy (non-hydrogen) atoms. The van der Waals surface area contributed by atoms with Gasteiger partial charge in [-0.2, -0.15) is 0 Å². The van der Waals surface area contributed by atoms with E-state index in [1.807, 2.05) is 0 Å². The zero-order valence-electron chi connectivity index (χ0n) is 16.7. The lowest BCUT2D eigenvalue weighted by molar-refractivity contribution is 0.406. The molecule has 0 radical (unpaired) electrons. The molecule has 0 bridgehead atoms. The number of unbranched alkanes of at least 4 members (excludes halogenated alkanes) is 13. The van der Waals surface area contributed by atoms with Gasteiger partial charge in [-0.25, -0.2) is 0 Å². The highest BCUT2D eigenvalue weighted by Gasteiger charge is 2.19. The summed E-state index contributed by atoms with van der Waals surface area (Å²) in [4.78, 5) is 0. The van der Waals surface area contributed by atoms with Crippen LogP contribution in [0.2, 0.25) is 0 Å². The Labute approximate surface area is 157 Å². The summed E-state index contributed by atoms with van der Waals surface area (Å²) in [6, 6.07) is 0. The standard InChI is InChI=1S/C21H45P.ClH/c1-5-6-7-8-9-10-11-12-13-14-15-16-17-18-19-20(2)21(3,4)22;/h20H,5-19,22H2,1-4H3;1H. The molecule has 0 amide bonds. The van der Waals surface area contributed by atoms with Crippen molar-refractivity contribution < 1.29 is 0 Å². The third-order valence-corrected chi connectivity index (χ3v) is 5.83. The van der Waals surface area contributed by atoms with Crippen molar-refractivity contribution in [3.05, 3.63) is 0 Å². The van der Waals surface area contributed by atoms with Gasteiger partial charge in [0.25, 0.3) is 0 Å². The van der Waals surface area contributed by atoms with Crippen molar-refractivity contribution >= 4 is 21.6 Å². The first-order chi connectivity index (χ1) is 10.5. The van der Waals surface area contributed by atoms with Crippen LogP contribution < -0.4 is 0 Å². The SMILES string of the molecule is CCCCCCCCCCCCCCCCC(C)C(C)(C)P.Cl. The Morgan fingerprint density at radius 1 is 0.652 bits per heavy atom. The van der Waals surface area contributed by atoms with E-state index < -0.39 is 0 Å². The van der Waals surface area contributed by atoms with Gasteiger partial charge in [0.15, 0.2) is 0 Å². The Hall–Kier alpha value is 0.720. The largest absolute Gasteiger partial charge is 0.147 e. The Balaban J connectivity index is 0. The maximum Gasteiger partial charge on any atom is -0.0181 e. The molecule has 0 aromatic carbocycles. The van der Waals surface area contributed by atoms with Crippen LogP contribution in [0.4, 0.5) is 0 Å². The summed E-state index contributed by atoms with van der Waals surface area (Å²) in [6.07, 6.45) is 21.8. The summed E-state index contributed by atoms with van der Waals surface area (Å²) < 4.78 is 0. The van der Waals surface area contributed by atoms with Crippen molar-refractivity contribution in [1.82, 2.24) is 0 Å². The maximum atomic E-state index is 3.00. The summed E-state index contributed by atoms with van der Waals surface area (Å²) >= 11 is 0. The molecular formula is C21H46ClP. The van der Waals surface area contributed by atoms with E-state index >= 15 is 0 Å². The van der Waals surface area contributed by atoms with Gasteiger partial charge in [-0.3, -0.25) is 0 Å². The van der Waals surface area contributed by atoms with Crippen LogP contribution in [0.5, 0.6) is 0 Å². The Morgan fingerprint density at radius 3 is 1.26 bits per heavy atom. The molecule has 0 saturated heterocycles. The van der Waals surface area contributed by atoms with E-state index in [-0.39, 0.29) is 12.4 Å². The highest BCUT2D eigenvalue weighted by atomic mass is 35.5. The van der Waals surface area contributed by atoms with E-state index in [1.165, 1.54) is 96.3 Å². The van der Waals surface area contributed by atoms with Crippen LogP contribution in [0.3, 0.4) is 0 Å². The van der Waals surface area contributed by atoms with Crippen LogP contribution in [0.1, 0.15) is 124 Å². The molecule has 2 unspecified atom stereocenters. The van der Waals surface area contributed by atoms with E-state index in [4.69, 9.17) is 0 Å². The van der Waals surface area contributed by atoms with Gasteiger partial charge in [0.05, 0.1) is 0 Å². The lowest BCUT2D eigenvalue weighted by atomic mass is 9.91. The second kappa shape index (κ2) is 17.5. The molecule has 0 spiro atoms. The molecule has 2 atom stereocenters. The van der Waals surface area contributed by atoms with Gasteiger partial charge in [0, 0.05) is 0 Å². The first-order valence-electron chi connectivity index (χ1n) is 10.3. The van der Waals surface area contributed by atoms with Crippen molar-refractivity contribution in [2.24, 2.45) is 5.92 Å². The molecule has 0 aliphatic heterocycles. The fourth-order valence-corrected chi connectivity index (χ4v) is 3.18. The average Bonchev–Trinajstić information content (AvgIpc) is 2.46. The smallest absolute Gasteiger partial charge is 0.0181 e. The second-order valence-electron chi connectivity index (χ2n) is 8.11. The lowest BCUT2D eigenvalue weighted by Crippen LogP contribution is -2.20. The summed E-state index contributed by atoms with van der Waals surface area (Å²) in [5.41, 5.74) is 0. The van der Waals surface area contributed by atoms with Crippen molar-refractivity contribution in [2.45, 2.75) is 129 Å². The van der Waals surface area contributed by atoms with Crippen LogP contribution in [0, 0.1) is 5.92 Å². The minimum absolute atomic E-state index is 0. The monoisotopic (exact) mass is 364 g/mol. The fourth-order valence-electron chi connectivity index (χ4n) is 3.02. The summed E-state index contributed by atoms with van der Waals surface area (Å²) in [7, 11) is 3.00. The molecular weight excluding hydrogens is 319 g/mol. The lowest BCUT2D eigenvalue weighted by Gasteiger charge is -2.26. The summed E-state index contributed by atoms with van der Waals surface area (Å²) in [6.45, 7) is 9.37. The average molecular weight is 365 g/mol. The van der Waals surface area contributed by atoms with Crippen molar-refractivity contribution in [2.75, 3.05) is 0 Å². The van der Waals surface area contributed by atoms with Crippen molar-refractivity contribution in [1.29, 1.82) is 0 Å². The highest BCUT2D eigenvalue weighted by molar-refractivity contribution is 7.18. The Kier molecular flexibility index (Phi) is 19.8. The minimum Gasteiger partial charge on any atom is -0.147 e. The molecule has 142 valence electrons. The highest BCUT2D eigenvalue weighted by Crippen LogP contribution is 2.30. The number of rotatable bonds is 16. The third-order valence-electron chi connectivity index (χ3n) is 5.26. The topological polar surface area (TPSA) is 0 Å². The minimum atomic E-state index is 0. The molecule has 0 aromatic rings. The Bertz CT molecular complexity index is 222.